The molecule has 0 spiro atoms. The lowest BCUT2D eigenvalue weighted by Crippen LogP contribution is -2.70. The van der Waals surface area contributed by atoms with Crippen molar-refractivity contribution in [3.8, 4) is 0 Å². The molecular weight excluding hydrogens is 1630 g/mol. The van der Waals surface area contributed by atoms with E-state index in [2.05, 4.69) is 54.0 Å². The summed E-state index contributed by atoms with van der Waals surface area (Å²) in [6.45, 7) is 9.13. The number of hydrogen-bond acceptors (Lipinski definition) is 17. The zero-order chi connectivity index (χ0) is 86.5. The van der Waals surface area contributed by atoms with Crippen LogP contribution >= 0.6 is 46.4 Å². The monoisotopic (exact) mass is 1740 g/mol. The number of rotatable bonds is 21. The van der Waals surface area contributed by atoms with Crippen LogP contribution < -0.4 is 82.7 Å². The molecule has 10 rings (SSSR count). The highest BCUT2D eigenvalue weighted by atomic mass is 35.5. The van der Waals surface area contributed by atoms with Crippen LogP contribution in [0, 0.1) is 65.6 Å². The quantitative estimate of drug-likeness (QED) is 0.0282. The third kappa shape index (κ3) is 32.6. The molecule has 24 N–H and O–H groups in total. The molecule has 32 nitrogen and oxygen atoms in total. The van der Waals surface area contributed by atoms with E-state index < -0.39 is 41.4 Å². The van der Waals surface area contributed by atoms with Gasteiger partial charge in [0.05, 0.1) is 62.8 Å². The summed E-state index contributed by atoms with van der Waals surface area (Å²) < 4.78 is 77.2. The molecule has 13 amide bonds. The summed E-state index contributed by atoms with van der Waals surface area (Å²) in [5, 5.41) is 21.5. The lowest BCUT2D eigenvalue weighted by atomic mass is 9.94. The van der Waals surface area contributed by atoms with E-state index in [1.165, 1.54) is 70.5 Å². The number of aryl methyl sites for hydroxylation is 1. The van der Waals surface area contributed by atoms with Gasteiger partial charge in [0.1, 0.15) is 54.4 Å². The van der Waals surface area contributed by atoms with Gasteiger partial charge in [0.15, 0.2) is 0 Å². The molecular formula is C77H107Cl4F5N20O12+2. The van der Waals surface area contributed by atoms with E-state index in [9.17, 15) is 69.9 Å². The standard InChI is InChI=1S/C16H22ClFN4O2.C16H24FN5O2.C15H20ClFN4O3.C15H20ClFN4O2.C15H19ClFN3O3/c17-13-5-4-12(9-14(13)18)21-15(23)11-3-1-8-22(10-11)16(24)20-7-2-6-19;1-10-2-3-13(7-14(10)17)21-15(23)11-6-12(19)9-22(8-11)16(24)20-5-4-18;16-12-2-1-11(6-13(12)17)20-14(22)9-5-10(19)8-21(7-9)15(23)24-4-3-18;16-12-4-3-11(8-13(12)17)20-14(22)10-2-1-7-21(9-10)15(23)19-6-5-18;16-12-4-3-11(8-13(12)17)19-14(21)10-2-1-6-20(9-10)15(22)23-7-5-18/h4-5,9,11H,1-3,6-8,10,19H2,(H,20,24)(H,21,23);2-3,7,11-12H,4-6,8-9,18-19H2,1H3,(H,20,24)(H,21,23);1-2,6,9-10H,3-5,7-8,18-19H2,(H,20,22);3-4,8,10H,1-2,5-7,9,18H2,(H,19,23)(H,20,22);3-4,8,10H,1-2,5-7,9,18H2,(H,19,21)/p+2. The fraction of sp³-hybridized carbons (Fsp3) is 0.481. The molecule has 5 aliphatic heterocycles. The number of carbonyl (C=O) groups excluding carboxylic acids is 10. The van der Waals surface area contributed by atoms with Gasteiger partial charge in [-0.2, -0.15) is 0 Å². The van der Waals surface area contributed by atoms with Gasteiger partial charge in [-0.3, -0.25) is 24.0 Å². The maximum Gasteiger partial charge on any atom is 0.410 e. The van der Waals surface area contributed by atoms with Gasteiger partial charge in [-0.25, -0.2) is 45.9 Å². The van der Waals surface area contributed by atoms with E-state index >= 15 is 0 Å². The number of carbonyl (C=O) groups is 10. The van der Waals surface area contributed by atoms with Crippen LogP contribution in [0.2, 0.25) is 20.1 Å². The van der Waals surface area contributed by atoms with Crippen LogP contribution in [-0.2, 0) is 33.4 Å². The lowest BCUT2D eigenvalue weighted by Gasteiger charge is -2.33. The molecule has 0 saturated carbocycles. The average molecular weight is 1740 g/mol. The molecule has 5 saturated heterocycles. The zero-order valence-electron chi connectivity index (χ0n) is 65.5. The van der Waals surface area contributed by atoms with E-state index in [4.69, 9.17) is 84.5 Å². The molecule has 0 aliphatic carbocycles. The van der Waals surface area contributed by atoms with Gasteiger partial charge in [-0.05, 0) is 149 Å². The molecule has 5 fully saturated rings. The van der Waals surface area contributed by atoms with Crippen LogP contribution in [0.4, 0.5) is 74.4 Å². The van der Waals surface area contributed by atoms with Crippen molar-refractivity contribution in [2.45, 2.75) is 76.8 Å². The lowest BCUT2D eigenvalue weighted by molar-refractivity contribution is -0.427. The first-order valence-corrected chi connectivity index (χ1v) is 40.0. The van der Waals surface area contributed by atoms with Crippen LogP contribution in [-0.4, -0.2) is 227 Å². The van der Waals surface area contributed by atoms with Gasteiger partial charge in [0, 0.05) is 139 Å². The average Bonchev–Trinajstić information content (AvgIpc) is 0.841. The predicted molar refractivity (Wildman–Crippen MR) is 438 cm³/mol. The smallest absolute Gasteiger partial charge is 0.410 e. The second-order valence-corrected chi connectivity index (χ2v) is 30.0. The molecule has 5 aliphatic rings. The summed E-state index contributed by atoms with van der Waals surface area (Å²) in [5.74, 6) is -5.85. The van der Waals surface area contributed by atoms with E-state index in [-0.39, 0.29) is 149 Å². The minimum atomic E-state index is -0.611. The zero-order valence-corrected chi connectivity index (χ0v) is 68.6. The van der Waals surface area contributed by atoms with E-state index in [1.54, 1.807) is 39.8 Å². The number of nitrogens with one attached hydrogen (secondary N) is 8. The number of ether oxygens (including phenoxy) is 2. The predicted octanol–water partition coefficient (Wildman–Crippen LogP) is 6.33. The molecule has 5 aromatic carbocycles. The highest BCUT2D eigenvalue weighted by Gasteiger charge is 2.38. The van der Waals surface area contributed by atoms with Gasteiger partial charge in [-0.15, -0.1) is 0 Å². The van der Waals surface area contributed by atoms with Crippen molar-refractivity contribution >= 4 is 135 Å². The Bertz CT molecular complexity index is 3990. The summed E-state index contributed by atoms with van der Waals surface area (Å²) in [7, 11) is 0. The van der Waals surface area contributed by atoms with E-state index in [0.29, 0.717) is 171 Å². The maximum absolute atomic E-state index is 13.6. The molecule has 648 valence electrons. The van der Waals surface area contributed by atoms with Crippen LogP contribution in [0.25, 0.3) is 0 Å². The summed E-state index contributed by atoms with van der Waals surface area (Å²) in [4.78, 5) is 129. The van der Waals surface area contributed by atoms with Crippen molar-refractivity contribution < 1.29 is 90.8 Å². The second-order valence-electron chi connectivity index (χ2n) is 28.4. The molecule has 7 unspecified atom stereocenters. The molecule has 5 heterocycles. The number of likely N-dealkylation sites (tertiary alicyclic amines) is 5. The molecule has 118 heavy (non-hydrogen) atoms. The van der Waals surface area contributed by atoms with Gasteiger partial charge in [-0.1, -0.05) is 52.5 Å². The van der Waals surface area contributed by atoms with Crippen LogP contribution in [0.5, 0.6) is 0 Å². The minimum Gasteiger partial charge on any atom is -0.448 e. The Morgan fingerprint density at radius 2 is 0.678 bits per heavy atom. The third-order valence-electron chi connectivity index (χ3n) is 18.9. The first-order chi connectivity index (χ1) is 56.3. The number of quaternary nitrogens is 2. The second kappa shape index (κ2) is 50.3. The topological polar surface area (TPSA) is 487 Å². The highest BCUT2D eigenvalue weighted by molar-refractivity contribution is 6.31. The van der Waals surface area contributed by atoms with Gasteiger partial charge >= 0.3 is 30.3 Å². The number of anilines is 5. The summed E-state index contributed by atoms with van der Waals surface area (Å²) in [6, 6.07) is 20.1. The molecule has 5 aromatic rings. The van der Waals surface area contributed by atoms with Crippen molar-refractivity contribution in [3.05, 3.63) is 146 Å². The Morgan fingerprint density at radius 3 is 1.03 bits per heavy atom. The van der Waals surface area contributed by atoms with Crippen LogP contribution in [0.15, 0.2) is 91.0 Å². The summed E-state index contributed by atoms with van der Waals surface area (Å²) >= 11 is 22.5. The highest BCUT2D eigenvalue weighted by Crippen LogP contribution is 2.29. The SMILES string of the molecule is Cc1ccc(NC(=O)C2CC([NH3+])CN(C(=O)NCCN)C2)cc1F.NCCCNC(=O)N1CCCC(C(=O)Nc2ccc(Cl)c(F)c2)C1.NCCNC(=O)N1CCCC(C(=O)Nc2ccc(Cl)c(F)c2)C1.NCCOC(=O)N1CC([NH3+])CC(C(=O)Nc2ccc(Cl)c(F)c2)C1.NCCOC(=O)N1CCCC(C(=O)Nc2ccc(Cl)c(F)c2)C1. The number of piperidine rings is 5. The van der Waals surface area contributed by atoms with Crippen molar-refractivity contribution in [2.75, 3.05) is 158 Å². The van der Waals surface area contributed by atoms with Crippen molar-refractivity contribution in [1.29, 1.82) is 0 Å². The van der Waals surface area contributed by atoms with Gasteiger partial charge in [0.25, 0.3) is 0 Å². The Morgan fingerprint density at radius 1 is 0.381 bits per heavy atom. The Hall–Kier alpha value is -9.67. The number of amides is 13. The maximum atomic E-state index is 13.6. The van der Waals surface area contributed by atoms with Crippen LogP contribution in [0.1, 0.15) is 63.4 Å². The number of nitrogens with two attached hydrogens (primary N) is 5. The third-order valence-corrected chi connectivity index (χ3v) is 20.2. The number of benzene rings is 5. The van der Waals surface area contributed by atoms with Gasteiger partial charge < -0.3 is 117 Å². The molecule has 0 radical (unpaired) electrons. The Labute approximate surface area is 700 Å². The van der Waals surface area contributed by atoms with E-state index in [0.717, 1.165) is 25.0 Å². The normalized spacial score (nSPS) is 18.8. The Balaban J connectivity index is 0.000000229. The van der Waals surface area contributed by atoms with Crippen molar-refractivity contribution in [1.82, 2.24) is 40.4 Å². The van der Waals surface area contributed by atoms with Crippen molar-refractivity contribution in [2.24, 2.45) is 58.3 Å². The van der Waals surface area contributed by atoms with Gasteiger partial charge in [0.2, 0.25) is 29.5 Å². The van der Waals surface area contributed by atoms with E-state index in [1.807, 2.05) is 0 Å². The van der Waals surface area contributed by atoms with Crippen molar-refractivity contribution in [3.63, 3.8) is 0 Å². The molecule has 0 bridgehead atoms. The summed E-state index contributed by atoms with van der Waals surface area (Å²) in [6.07, 6.45) is 5.06. The number of halogens is 9. The Kier molecular flexibility index (Phi) is 41.4. The minimum absolute atomic E-state index is 0.00316. The summed E-state index contributed by atoms with van der Waals surface area (Å²) in [5.41, 5.74) is 36.9. The number of nitrogens with zero attached hydrogens (tertiary/aromatic N) is 5. The molecule has 7 atom stereocenters. The first kappa shape index (κ1) is 97.2. The number of urea groups is 3. The van der Waals surface area contributed by atoms with Crippen LogP contribution in [0.3, 0.4) is 0 Å². The first-order valence-electron chi connectivity index (χ1n) is 38.5. The fourth-order valence-electron chi connectivity index (χ4n) is 12.9. The largest absolute Gasteiger partial charge is 0.448 e. The molecule has 41 heteroatoms. The fourth-order valence-corrected chi connectivity index (χ4v) is 13.3. The number of hydrogen-bond donors (Lipinski definition) is 15. The molecule has 0 aromatic heterocycles.